The van der Waals surface area contributed by atoms with Crippen LogP contribution in [0.5, 0.6) is 0 Å². The number of hydrogen-bond acceptors (Lipinski definition) is 4. The third kappa shape index (κ3) is 3.20. The van der Waals surface area contributed by atoms with E-state index in [-0.39, 0.29) is 16.7 Å². The van der Waals surface area contributed by atoms with Crippen LogP contribution < -0.4 is 5.32 Å². The number of rotatable bonds is 4. The quantitative estimate of drug-likeness (QED) is 0.636. The summed E-state index contributed by atoms with van der Waals surface area (Å²) in [4.78, 5) is 10.5. The zero-order valence-electron chi connectivity index (χ0n) is 10.2. The lowest BCUT2D eigenvalue weighted by Gasteiger charge is -2.26. The molecule has 2 unspecified atom stereocenters. The molecule has 0 radical (unpaired) electrons. The minimum atomic E-state index is -0.377. The smallest absolute Gasteiger partial charge is 0.292 e. The number of aliphatic hydroxyl groups excluding tert-OH is 1. The lowest BCUT2D eigenvalue weighted by Crippen LogP contribution is -2.25. The topological polar surface area (TPSA) is 75.4 Å². The molecular formula is C13H18N2O3. The Labute approximate surface area is 106 Å². The van der Waals surface area contributed by atoms with Gasteiger partial charge in [0.25, 0.3) is 5.69 Å². The molecule has 0 heterocycles. The molecule has 1 aliphatic carbocycles. The molecule has 0 saturated heterocycles. The van der Waals surface area contributed by atoms with E-state index in [2.05, 4.69) is 5.32 Å². The van der Waals surface area contributed by atoms with Crippen LogP contribution in [0.2, 0.25) is 0 Å². The van der Waals surface area contributed by atoms with Gasteiger partial charge in [-0.2, -0.15) is 0 Å². The Morgan fingerprint density at radius 1 is 1.39 bits per heavy atom. The zero-order chi connectivity index (χ0) is 13.0. The molecule has 1 aliphatic rings. The van der Waals surface area contributed by atoms with Gasteiger partial charge in [-0.15, -0.1) is 0 Å². The summed E-state index contributed by atoms with van der Waals surface area (Å²) in [6.45, 7) is 0.682. The molecule has 1 saturated carbocycles. The molecule has 18 heavy (non-hydrogen) atoms. The van der Waals surface area contributed by atoms with Gasteiger partial charge in [-0.3, -0.25) is 10.1 Å². The number of hydrogen-bond donors (Lipinski definition) is 2. The maximum atomic E-state index is 10.9. The molecular weight excluding hydrogens is 232 g/mol. The van der Waals surface area contributed by atoms with Crippen molar-refractivity contribution in [2.45, 2.75) is 31.8 Å². The van der Waals surface area contributed by atoms with E-state index in [1.165, 1.54) is 6.07 Å². The minimum absolute atomic E-state index is 0.105. The highest BCUT2D eigenvalue weighted by molar-refractivity contribution is 5.61. The van der Waals surface area contributed by atoms with Crippen LogP contribution in [0, 0.1) is 16.0 Å². The predicted octanol–water partition coefficient (Wildman–Crippen LogP) is 2.56. The van der Waals surface area contributed by atoms with E-state index in [9.17, 15) is 15.2 Å². The Morgan fingerprint density at radius 2 is 2.17 bits per heavy atom. The van der Waals surface area contributed by atoms with E-state index in [1.54, 1.807) is 18.2 Å². The number of aliphatic hydroxyl groups is 1. The molecule has 0 aromatic heterocycles. The fourth-order valence-corrected chi connectivity index (χ4v) is 2.48. The minimum Gasteiger partial charge on any atom is -0.393 e. The lowest BCUT2D eigenvalue weighted by atomic mass is 9.87. The van der Waals surface area contributed by atoms with Crippen LogP contribution in [-0.2, 0) is 0 Å². The Morgan fingerprint density at radius 3 is 2.89 bits per heavy atom. The van der Waals surface area contributed by atoms with E-state index in [0.29, 0.717) is 18.2 Å². The molecule has 0 aliphatic heterocycles. The van der Waals surface area contributed by atoms with Crippen molar-refractivity contribution in [1.82, 2.24) is 0 Å². The van der Waals surface area contributed by atoms with E-state index < -0.39 is 0 Å². The molecule has 0 bridgehead atoms. The van der Waals surface area contributed by atoms with Crippen molar-refractivity contribution < 1.29 is 10.0 Å². The standard InChI is InChI=1S/C13H18N2O3/c16-11-5-3-4-10(8-11)9-14-12-6-1-2-7-13(12)15(17)18/h1-2,6-7,10-11,14,16H,3-5,8-9H2. The second-order valence-electron chi connectivity index (χ2n) is 4.84. The molecule has 1 fully saturated rings. The summed E-state index contributed by atoms with van der Waals surface area (Å²) >= 11 is 0. The number of para-hydroxylation sites is 2. The normalized spacial score (nSPS) is 23.6. The highest BCUT2D eigenvalue weighted by atomic mass is 16.6. The maximum Gasteiger partial charge on any atom is 0.292 e. The van der Waals surface area contributed by atoms with Crippen LogP contribution in [0.25, 0.3) is 0 Å². The van der Waals surface area contributed by atoms with Crippen LogP contribution in [-0.4, -0.2) is 22.7 Å². The van der Waals surface area contributed by atoms with Crippen molar-refractivity contribution >= 4 is 11.4 Å². The Balaban J connectivity index is 1.95. The number of anilines is 1. The highest BCUT2D eigenvalue weighted by Crippen LogP contribution is 2.27. The molecule has 1 aromatic rings. The highest BCUT2D eigenvalue weighted by Gasteiger charge is 2.21. The fourth-order valence-electron chi connectivity index (χ4n) is 2.48. The van der Waals surface area contributed by atoms with Crippen molar-refractivity contribution in [3.05, 3.63) is 34.4 Å². The first-order valence-electron chi connectivity index (χ1n) is 6.32. The average Bonchev–Trinajstić information content (AvgIpc) is 2.37. The van der Waals surface area contributed by atoms with Crippen LogP contribution in [0.15, 0.2) is 24.3 Å². The monoisotopic (exact) mass is 250 g/mol. The molecule has 5 nitrogen and oxygen atoms in total. The van der Waals surface area contributed by atoms with Crippen molar-refractivity contribution in [3.8, 4) is 0 Å². The van der Waals surface area contributed by atoms with Gasteiger partial charge in [-0.1, -0.05) is 18.6 Å². The first kappa shape index (κ1) is 12.8. The van der Waals surface area contributed by atoms with Crippen molar-refractivity contribution in [1.29, 1.82) is 0 Å². The van der Waals surface area contributed by atoms with Gasteiger partial charge in [0.2, 0.25) is 0 Å². The fraction of sp³-hybridized carbons (Fsp3) is 0.538. The number of nitro groups is 1. The Bertz CT molecular complexity index is 422. The van der Waals surface area contributed by atoms with Gasteiger partial charge >= 0.3 is 0 Å². The Kier molecular flexibility index (Phi) is 4.15. The van der Waals surface area contributed by atoms with E-state index in [0.717, 1.165) is 25.7 Å². The molecule has 0 amide bonds. The Hall–Kier alpha value is -1.62. The van der Waals surface area contributed by atoms with Crippen molar-refractivity contribution in [2.75, 3.05) is 11.9 Å². The van der Waals surface area contributed by atoms with Crippen LogP contribution in [0.3, 0.4) is 0 Å². The average molecular weight is 250 g/mol. The van der Waals surface area contributed by atoms with Crippen LogP contribution in [0.1, 0.15) is 25.7 Å². The van der Waals surface area contributed by atoms with Gasteiger partial charge < -0.3 is 10.4 Å². The first-order valence-corrected chi connectivity index (χ1v) is 6.32. The number of nitrogens with one attached hydrogen (secondary N) is 1. The maximum absolute atomic E-state index is 10.9. The lowest BCUT2D eigenvalue weighted by molar-refractivity contribution is -0.384. The number of nitro benzene ring substituents is 1. The predicted molar refractivity (Wildman–Crippen MR) is 69.6 cm³/mol. The molecule has 0 spiro atoms. The van der Waals surface area contributed by atoms with E-state index in [1.807, 2.05) is 0 Å². The molecule has 2 rings (SSSR count). The SMILES string of the molecule is O=[N+]([O-])c1ccccc1NCC1CCCC(O)C1. The zero-order valence-corrected chi connectivity index (χ0v) is 10.2. The van der Waals surface area contributed by atoms with E-state index in [4.69, 9.17) is 0 Å². The van der Waals surface area contributed by atoms with Gasteiger partial charge in [0.15, 0.2) is 0 Å². The van der Waals surface area contributed by atoms with Gasteiger partial charge in [0, 0.05) is 12.6 Å². The van der Waals surface area contributed by atoms with Crippen LogP contribution >= 0.6 is 0 Å². The number of benzene rings is 1. The van der Waals surface area contributed by atoms with Gasteiger partial charge in [0.05, 0.1) is 11.0 Å². The molecule has 98 valence electrons. The summed E-state index contributed by atoms with van der Waals surface area (Å²) in [7, 11) is 0. The van der Waals surface area contributed by atoms with Crippen molar-refractivity contribution in [3.63, 3.8) is 0 Å². The summed E-state index contributed by atoms with van der Waals surface area (Å²) in [6, 6.07) is 6.66. The molecule has 2 atom stereocenters. The van der Waals surface area contributed by atoms with Crippen molar-refractivity contribution in [2.24, 2.45) is 5.92 Å². The summed E-state index contributed by atoms with van der Waals surface area (Å²) in [5, 5.41) is 23.6. The van der Waals surface area contributed by atoms with Gasteiger partial charge in [0.1, 0.15) is 5.69 Å². The largest absolute Gasteiger partial charge is 0.393 e. The molecule has 2 N–H and O–H groups in total. The third-order valence-corrected chi connectivity index (χ3v) is 3.44. The second-order valence-corrected chi connectivity index (χ2v) is 4.84. The third-order valence-electron chi connectivity index (χ3n) is 3.44. The summed E-state index contributed by atoms with van der Waals surface area (Å²) in [5.41, 5.74) is 0.663. The number of nitrogens with zero attached hydrogens (tertiary/aromatic N) is 1. The first-order chi connectivity index (χ1) is 8.66. The summed E-state index contributed by atoms with van der Waals surface area (Å²) in [6.07, 6.45) is 3.56. The molecule has 1 aromatic carbocycles. The summed E-state index contributed by atoms with van der Waals surface area (Å²) < 4.78 is 0. The van der Waals surface area contributed by atoms with E-state index >= 15 is 0 Å². The summed E-state index contributed by atoms with van der Waals surface area (Å²) in [5.74, 6) is 0.397. The van der Waals surface area contributed by atoms with Gasteiger partial charge in [-0.05, 0) is 31.2 Å². The molecule has 5 heteroatoms. The van der Waals surface area contributed by atoms with Gasteiger partial charge in [-0.25, -0.2) is 0 Å². The van der Waals surface area contributed by atoms with Crippen LogP contribution in [0.4, 0.5) is 11.4 Å². The second kappa shape index (κ2) is 5.82.